The molecule has 0 aliphatic carbocycles. The lowest BCUT2D eigenvalue weighted by atomic mass is 9.83. The van der Waals surface area contributed by atoms with Crippen molar-refractivity contribution in [2.45, 2.75) is 107 Å². The first-order valence-corrected chi connectivity index (χ1v) is 12.0. The monoisotopic (exact) mass is 410 g/mol. The molecular formula is C30H50. The first-order chi connectivity index (χ1) is 14.1. The highest BCUT2D eigenvalue weighted by Crippen LogP contribution is 2.28. The van der Waals surface area contributed by atoms with E-state index in [0.29, 0.717) is 5.92 Å². The van der Waals surface area contributed by atoms with Crippen molar-refractivity contribution in [1.82, 2.24) is 0 Å². The summed E-state index contributed by atoms with van der Waals surface area (Å²) in [6.45, 7) is 22.0. The smallest absolute Gasteiger partial charge is 0.00330 e. The Morgan fingerprint density at radius 3 is 1.73 bits per heavy atom. The van der Waals surface area contributed by atoms with E-state index < -0.39 is 0 Å². The molecule has 0 aliphatic heterocycles. The summed E-state index contributed by atoms with van der Waals surface area (Å²) in [7, 11) is 0. The van der Waals surface area contributed by atoms with E-state index in [4.69, 9.17) is 0 Å². The molecule has 30 heavy (non-hydrogen) atoms. The van der Waals surface area contributed by atoms with Crippen molar-refractivity contribution in [2.24, 2.45) is 11.3 Å². The Balaban J connectivity index is 4.45. The van der Waals surface area contributed by atoms with Crippen LogP contribution in [0, 0.1) is 11.3 Å². The van der Waals surface area contributed by atoms with E-state index in [1.807, 2.05) is 0 Å². The van der Waals surface area contributed by atoms with Gasteiger partial charge in [0.15, 0.2) is 0 Å². The van der Waals surface area contributed by atoms with Crippen LogP contribution in [0.1, 0.15) is 107 Å². The third-order valence-electron chi connectivity index (χ3n) is 5.74. The van der Waals surface area contributed by atoms with Gasteiger partial charge in [0.25, 0.3) is 0 Å². The third-order valence-corrected chi connectivity index (χ3v) is 5.74. The van der Waals surface area contributed by atoms with Crippen LogP contribution in [0.2, 0.25) is 0 Å². The predicted octanol–water partition coefficient (Wildman–Crippen LogP) is 10.3. The lowest BCUT2D eigenvalue weighted by molar-refractivity contribution is 0.499. The van der Waals surface area contributed by atoms with Crippen LogP contribution in [0.4, 0.5) is 0 Å². The molecule has 0 heteroatoms. The van der Waals surface area contributed by atoms with Gasteiger partial charge in [0.1, 0.15) is 0 Å². The zero-order valence-electron chi connectivity index (χ0n) is 21.5. The molecule has 0 aliphatic rings. The molecule has 0 radical (unpaired) electrons. The first kappa shape index (κ1) is 28.4. The van der Waals surface area contributed by atoms with E-state index in [1.54, 1.807) is 0 Å². The molecule has 1 unspecified atom stereocenters. The summed E-state index contributed by atoms with van der Waals surface area (Å²) < 4.78 is 0. The molecular weight excluding hydrogens is 360 g/mol. The van der Waals surface area contributed by atoms with Crippen molar-refractivity contribution in [2.75, 3.05) is 0 Å². The summed E-state index contributed by atoms with van der Waals surface area (Å²) in [5, 5.41) is 0. The topological polar surface area (TPSA) is 0 Å². The first-order valence-electron chi connectivity index (χ1n) is 12.0. The van der Waals surface area contributed by atoms with Gasteiger partial charge in [-0.2, -0.15) is 0 Å². The Labute approximate surface area is 189 Å². The molecule has 0 rings (SSSR count). The molecule has 0 heterocycles. The van der Waals surface area contributed by atoms with Gasteiger partial charge >= 0.3 is 0 Å². The largest absolute Gasteiger partial charge is 0.102 e. The molecule has 0 bridgehead atoms. The molecule has 0 aromatic carbocycles. The van der Waals surface area contributed by atoms with Crippen LogP contribution in [0.5, 0.6) is 0 Å². The van der Waals surface area contributed by atoms with Crippen LogP contribution in [-0.4, -0.2) is 0 Å². The van der Waals surface area contributed by atoms with E-state index >= 15 is 0 Å². The fourth-order valence-electron chi connectivity index (χ4n) is 3.34. The summed E-state index contributed by atoms with van der Waals surface area (Å²) in [4.78, 5) is 0. The molecule has 2 atom stereocenters. The molecule has 170 valence electrons. The minimum atomic E-state index is 0.0844. The van der Waals surface area contributed by atoms with Crippen molar-refractivity contribution in [3.63, 3.8) is 0 Å². The average Bonchev–Trinajstić information content (AvgIpc) is 2.66. The molecule has 0 fully saturated rings. The van der Waals surface area contributed by atoms with Gasteiger partial charge in [-0.3, -0.25) is 0 Å². The minimum absolute atomic E-state index is 0.0844. The maximum Gasteiger partial charge on any atom is 0.00330 e. The van der Waals surface area contributed by atoms with Gasteiger partial charge in [-0.25, -0.2) is 0 Å². The second-order valence-corrected chi connectivity index (χ2v) is 9.90. The normalized spacial score (nSPS) is 15.6. The summed E-state index contributed by atoms with van der Waals surface area (Å²) in [6.07, 6.45) is 25.7. The van der Waals surface area contributed by atoms with E-state index in [0.717, 1.165) is 19.3 Å². The second-order valence-electron chi connectivity index (χ2n) is 9.90. The van der Waals surface area contributed by atoms with E-state index in [9.17, 15) is 0 Å². The predicted molar refractivity (Wildman–Crippen MR) is 140 cm³/mol. The Hall–Kier alpha value is -1.56. The van der Waals surface area contributed by atoms with E-state index in [1.165, 1.54) is 54.4 Å². The maximum absolute atomic E-state index is 4.11. The van der Waals surface area contributed by atoms with Crippen molar-refractivity contribution in [3.8, 4) is 0 Å². The van der Waals surface area contributed by atoms with E-state index in [-0.39, 0.29) is 5.41 Å². The van der Waals surface area contributed by atoms with Crippen LogP contribution in [0.15, 0.2) is 71.4 Å². The van der Waals surface area contributed by atoms with Crippen molar-refractivity contribution in [1.29, 1.82) is 0 Å². The summed E-state index contributed by atoms with van der Waals surface area (Å²) >= 11 is 0. The lowest BCUT2D eigenvalue weighted by Gasteiger charge is -2.21. The van der Waals surface area contributed by atoms with Gasteiger partial charge in [0.05, 0.1) is 0 Å². The van der Waals surface area contributed by atoms with Gasteiger partial charge in [0, 0.05) is 5.41 Å². The van der Waals surface area contributed by atoms with Gasteiger partial charge < -0.3 is 0 Å². The zero-order valence-corrected chi connectivity index (χ0v) is 21.5. The highest BCUT2D eigenvalue weighted by Gasteiger charge is 2.15. The Morgan fingerprint density at radius 2 is 1.27 bits per heavy atom. The Bertz CT molecular complexity index is 627. The fourth-order valence-corrected chi connectivity index (χ4v) is 3.34. The van der Waals surface area contributed by atoms with Crippen LogP contribution in [0.3, 0.4) is 0 Å². The highest BCUT2D eigenvalue weighted by atomic mass is 14.2. The zero-order chi connectivity index (χ0) is 23.0. The maximum atomic E-state index is 4.11. The van der Waals surface area contributed by atoms with Gasteiger partial charge in [-0.05, 0) is 98.8 Å². The Kier molecular flexibility index (Phi) is 15.3. The Morgan fingerprint density at radius 1 is 0.767 bits per heavy atom. The van der Waals surface area contributed by atoms with Crippen molar-refractivity contribution >= 4 is 0 Å². The second kappa shape index (κ2) is 16.2. The average molecular weight is 411 g/mol. The van der Waals surface area contributed by atoms with Gasteiger partial charge in [0.2, 0.25) is 0 Å². The quantitative estimate of drug-likeness (QED) is 0.235. The van der Waals surface area contributed by atoms with Crippen LogP contribution >= 0.6 is 0 Å². The summed E-state index contributed by atoms with van der Waals surface area (Å²) in [5.74, 6) is 0.604. The summed E-state index contributed by atoms with van der Waals surface area (Å²) in [5.41, 5.74) is 5.94. The molecule has 0 spiro atoms. The fraction of sp³-hybridized carbons (Fsp3) is 0.600. The van der Waals surface area contributed by atoms with Gasteiger partial charge in [-0.15, -0.1) is 6.58 Å². The molecule has 0 saturated heterocycles. The van der Waals surface area contributed by atoms with Crippen LogP contribution in [0.25, 0.3) is 0 Å². The number of hydrogen-bond donors (Lipinski definition) is 0. The molecule has 0 nitrogen and oxygen atoms in total. The SMILES string of the molecule is C=CC(C)(/C=C/[C@H](C)CC/C=C(\C)CCC=C(C)C)CC/C=C(\C)CCC=C(C)C. The molecule has 0 N–H and O–H groups in total. The lowest BCUT2D eigenvalue weighted by Crippen LogP contribution is -2.09. The standard InChI is InChI=1S/C30H50/c1-10-30(9,23-14-21-28(7)18-12-16-26(4)5)24-22-29(8)20-13-19-27(6)17-11-15-25(2)3/h10,15-16,19,21-22,24,29H,1,11-14,17-18,20,23H2,2-9H3/b24-22+,27-19+,28-21+/t29-,30?/m1/s1. The van der Waals surface area contributed by atoms with Crippen LogP contribution < -0.4 is 0 Å². The number of hydrogen-bond acceptors (Lipinski definition) is 0. The summed E-state index contributed by atoms with van der Waals surface area (Å²) in [6, 6.07) is 0. The van der Waals surface area contributed by atoms with Crippen LogP contribution in [-0.2, 0) is 0 Å². The molecule has 0 saturated carbocycles. The number of allylic oxidation sites excluding steroid dienone is 11. The molecule has 0 aromatic heterocycles. The minimum Gasteiger partial charge on any atom is -0.102 e. The van der Waals surface area contributed by atoms with Crippen molar-refractivity contribution in [3.05, 3.63) is 71.4 Å². The highest BCUT2D eigenvalue weighted by molar-refractivity contribution is 5.10. The van der Waals surface area contributed by atoms with Crippen molar-refractivity contribution < 1.29 is 0 Å². The third kappa shape index (κ3) is 16.3. The molecule has 0 amide bonds. The van der Waals surface area contributed by atoms with Gasteiger partial charge in [-0.1, -0.05) is 78.7 Å². The molecule has 0 aromatic rings. The van der Waals surface area contributed by atoms with E-state index in [2.05, 4.69) is 105 Å². The number of rotatable bonds is 15.